The van der Waals surface area contributed by atoms with Gasteiger partial charge in [-0.2, -0.15) is 26.3 Å². The quantitative estimate of drug-likeness (QED) is 0.571. The first kappa shape index (κ1) is 12.8. The predicted molar refractivity (Wildman–Crippen MR) is 32.4 cm³/mol. The normalized spacial score (nSPS) is 14.8. The van der Waals surface area contributed by atoms with E-state index in [1.54, 1.807) is 0 Å². The molecule has 0 rings (SSSR count). The first-order valence-electron chi connectivity index (χ1n) is 2.98. The summed E-state index contributed by atoms with van der Waals surface area (Å²) in [5, 5.41) is 8.35. The molecule has 0 radical (unpaired) electrons. The third kappa shape index (κ3) is 2.40. The molecule has 13 heavy (non-hydrogen) atoms. The largest absolute Gasteiger partial charge is 0.426 e. The number of halogens is 7. The molecular weight excluding hydrogens is 225 g/mol. The second-order valence-electron chi connectivity index (χ2n) is 2.29. The predicted octanol–water partition coefficient (Wildman–Crippen LogP) is 2.47. The van der Waals surface area contributed by atoms with E-state index in [9.17, 15) is 26.3 Å². The van der Waals surface area contributed by atoms with Crippen LogP contribution in [-0.4, -0.2) is 28.9 Å². The van der Waals surface area contributed by atoms with Crippen molar-refractivity contribution in [3.8, 4) is 0 Å². The molecule has 0 aliphatic carbocycles. The van der Waals surface area contributed by atoms with Gasteiger partial charge < -0.3 is 5.11 Å². The second kappa shape index (κ2) is 3.53. The molecule has 0 saturated heterocycles. The molecule has 0 bridgehead atoms. The van der Waals surface area contributed by atoms with Gasteiger partial charge in [-0.25, -0.2) is 0 Å². The summed E-state index contributed by atoms with van der Waals surface area (Å²) in [5.41, 5.74) is -4.71. The minimum Gasteiger partial charge on any atom is -0.374 e. The second-order valence-corrected chi connectivity index (χ2v) is 2.67. The Morgan fingerprint density at radius 2 is 1.23 bits per heavy atom. The highest BCUT2D eigenvalue weighted by Gasteiger charge is 2.69. The summed E-state index contributed by atoms with van der Waals surface area (Å²) < 4.78 is 70.6. The van der Waals surface area contributed by atoms with E-state index in [4.69, 9.17) is 16.7 Å². The van der Waals surface area contributed by atoms with E-state index in [1.807, 2.05) is 0 Å². The molecule has 8 heteroatoms. The Morgan fingerprint density at radius 1 is 0.923 bits per heavy atom. The smallest absolute Gasteiger partial charge is 0.374 e. The first-order valence-corrected chi connectivity index (χ1v) is 3.51. The van der Waals surface area contributed by atoms with Crippen molar-refractivity contribution in [2.24, 2.45) is 0 Å². The molecule has 0 aromatic rings. The van der Waals surface area contributed by atoms with Gasteiger partial charge >= 0.3 is 12.4 Å². The van der Waals surface area contributed by atoms with Crippen LogP contribution in [0.15, 0.2) is 0 Å². The summed E-state index contributed by atoms with van der Waals surface area (Å²) in [4.78, 5) is 0. The number of rotatable bonds is 2. The molecule has 80 valence electrons. The fraction of sp³-hybridized carbons (Fsp3) is 1.00. The Balaban J connectivity index is 4.96. The van der Waals surface area contributed by atoms with E-state index in [1.165, 1.54) is 0 Å². The number of aliphatic hydroxyl groups is 1. The average molecular weight is 231 g/mol. The van der Waals surface area contributed by atoms with E-state index in [2.05, 4.69) is 0 Å². The van der Waals surface area contributed by atoms with Gasteiger partial charge in [0, 0.05) is 12.3 Å². The SMILES string of the molecule is OC(CCCl)(C(F)(F)F)C(F)(F)F. The molecule has 0 aliphatic heterocycles. The van der Waals surface area contributed by atoms with Gasteiger partial charge in [-0.05, 0) is 0 Å². The molecule has 0 aliphatic rings. The van der Waals surface area contributed by atoms with Crippen molar-refractivity contribution in [3.05, 3.63) is 0 Å². The fourth-order valence-electron chi connectivity index (χ4n) is 0.581. The van der Waals surface area contributed by atoms with Crippen LogP contribution in [-0.2, 0) is 0 Å². The summed E-state index contributed by atoms with van der Waals surface area (Å²) in [6, 6.07) is 0. The van der Waals surface area contributed by atoms with Crippen molar-refractivity contribution >= 4 is 11.6 Å². The Hall–Kier alpha value is -0.170. The van der Waals surface area contributed by atoms with Gasteiger partial charge in [0.25, 0.3) is 5.60 Å². The van der Waals surface area contributed by atoms with Crippen molar-refractivity contribution in [1.29, 1.82) is 0 Å². The lowest BCUT2D eigenvalue weighted by Crippen LogP contribution is -2.57. The van der Waals surface area contributed by atoms with Gasteiger partial charge in [-0.15, -0.1) is 11.6 Å². The monoisotopic (exact) mass is 230 g/mol. The third-order valence-electron chi connectivity index (χ3n) is 1.39. The molecule has 0 spiro atoms. The lowest BCUT2D eigenvalue weighted by molar-refractivity contribution is -0.368. The Kier molecular flexibility index (Phi) is 3.48. The van der Waals surface area contributed by atoms with Gasteiger partial charge in [0.15, 0.2) is 0 Å². The van der Waals surface area contributed by atoms with Crippen molar-refractivity contribution in [1.82, 2.24) is 0 Å². The zero-order chi connectivity index (χ0) is 10.9. The topological polar surface area (TPSA) is 20.2 Å². The minimum atomic E-state index is -5.76. The molecule has 1 N–H and O–H groups in total. The lowest BCUT2D eigenvalue weighted by Gasteiger charge is -2.31. The molecule has 0 heterocycles. The third-order valence-corrected chi connectivity index (χ3v) is 1.58. The highest BCUT2D eigenvalue weighted by molar-refractivity contribution is 6.17. The molecule has 1 nitrogen and oxygen atoms in total. The molecule has 0 aromatic heterocycles. The molecule has 0 aromatic carbocycles. The standard InChI is InChI=1S/C5H5ClF6O/c6-2-1-3(13,4(7,8)9)5(10,11)12/h13H,1-2H2. The summed E-state index contributed by atoms with van der Waals surface area (Å²) >= 11 is 4.74. The maximum atomic E-state index is 11.8. The highest BCUT2D eigenvalue weighted by atomic mass is 35.5. The lowest BCUT2D eigenvalue weighted by atomic mass is 10.00. The van der Waals surface area contributed by atoms with Crippen LogP contribution in [0.3, 0.4) is 0 Å². The van der Waals surface area contributed by atoms with Crippen molar-refractivity contribution < 1.29 is 31.4 Å². The maximum Gasteiger partial charge on any atom is 0.426 e. The zero-order valence-electron chi connectivity index (χ0n) is 6.01. The molecule has 0 atom stereocenters. The van der Waals surface area contributed by atoms with Gasteiger partial charge in [-0.1, -0.05) is 0 Å². The number of hydrogen-bond acceptors (Lipinski definition) is 1. The van der Waals surface area contributed by atoms with Crippen LogP contribution >= 0.6 is 11.6 Å². The number of hydrogen-bond donors (Lipinski definition) is 1. The van der Waals surface area contributed by atoms with E-state index in [-0.39, 0.29) is 0 Å². The fourth-order valence-corrected chi connectivity index (χ4v) is 0.854. The van der Waals surface area contributed by atoms with Crippen LogP contribution < -0.4 is 0 Å². The van der Waals surface area contributed by atoms with Gasteiger partial charge in [0.2, 0.25) is 0 Å². The van der Waals surface area contributed by atoms with E-state index in [0.717, 1.165) is 0 Å². The van der Waals surface area contributed by atoms with E-state index in [0.29, 0.717) is 0 Å². The van der Waals surface area contributed by atoms with E-state index >= 15 is 0 Å². The highest BCUT2D eigenvalue weighted by Crippen LogP contribution is 2.45. The summed E-state index contributed by atoms with van der Waals surface area (Å²) in [5.74, 6) is -0.935. The number of alkyl halides is 7. The molecule has 0 saturated carbocycles. The van der Waals surface area contributed by atoms with Crippen LogP contribution in [0.1, 0.15) is 6.42 Å². The minimum absolute atomic E-state index is 0.935. The Labute approximate surface area is 74.3 Å². The van der Waals surface area contributed by atoms with Crippen molar-refractivity contribution in [2.75, 3.05) is 5.88 Å². The Bertz CT molecular complexity index is 159. The molecular formula is C5H5ClF6O. The molecule has 0 unspecified atom stereocenters. The first-order chi connectivity index (χ1) is 5.56. The summed E-state index contributed by atoms with van der Waals surface area (Å²) in [7, 11) is 0. The maximum absolute atomic E-state index is 11.8. The van der Waals surface area contributed by atoms with Crippen LogP contribution in [0.4, 0.5) is 26.3 Å². The Morgan fingerprint density at radius 3 is 1.31 bits per heavy atom. The molecule has 0 fully saturated rings. The van der Waals surface area contributed by atoms with Crippen LogP contribution in [0.25, 0.3) is 0 Å². The zero-order valence-corrected chi connectivity index (χ0v) is 6.76. The van der Waals surface area contributed by atoms with Crippen LogP contribution in [0.2, 0.25) is 0 Å². The van der Waals surface area contributed by atoms with Crippen LogP contribution in [0.5, 0.6) is 0 Å². The summed E-state index contributed by atoms with van der Waals surface area (Å²) in [6.07, 6.45) is -13.1. The average Bonchev–Trinajstić information content (AvgIpc) is 1.82. The summed E-state index contributed by atoms with van der Waals surface area (Å²) in [6.45, 7) is 0. The molecule has 0 amide bonds. The van der Waals surface area contributed by atoms with Gasteiger partial charge in [0.05, 0.1) is 0 Å². The van der Waals surface area contributed by atoms with E-state index < -0.39 is 30.3 Å². The van der Waals surface area contributed by atoms with Crippen molar-refractivity contribution in [2.45, 2.75) is 24.4 Å². The van der Waals surface area contributed by atoms with Crippen LogP contribution in [0, 0.1) is 0 Å². The van der Waals surface area contributed by atoms with Crippen molar-refractivity contribution in [3.63, 3.8) is 0 Å². The van der Waals surface area contributed by atoms with Gasteiger partial charge in [0.1, 0.15) is 0 Å². The van der Waals surface area contributed by atoms with Gasteiger partial charge in [-0.3, -0.25) is 0 Å².